The number of methoxy groups -OCH3 is 1. The van der Waals surface area contributed by atoms with Gasteiger partial charge in [0.15, 0.2) is 17.3 Å². The number of rotatable bonds is 2. The third-order valence-electron chi connectivity index (χ3n) is 4.34. The van der Waals surface area contributed by atoms with Gasteiger partial charge in [0.05, 0.1) is 24.3 Å². The number of aryl methyl sites for hydroxylation is 1. The highest BCUT2D eigenvalue weighted by atomic mass is 32.1. The van der Waals surface area contributed by atoms with E-state index in [9.17, 15) is 4.39 Å². The molecule has 0 amide bonds. The summed E-state index contributed by atoms with van der Waals surface area (Å²) in [5.41, 5.74) is 3.46. The highest BCUT2D eigenvalue weighted by Crippen LogP contribution is 2.45. The molecule has 0 spiro atoms. The summed E-state index contributed by atoms with van der Waals surface area (Å²) < 4.78 is 31.6. The second-order valence-electron chi connectivity index (χ2n) is 6.17. The Balaban J connectivity index is 1.77. The van der Waals surface area contributed by atoms with E-state index in [0.29, 0.717) is 51.3 Å². The lowest BCUT2D eigenvalue weighted by atomic mass is 10.1. The van der Waals surface area contributed by atoms with Crippen LogP contribution in [0.5, 0.6) is 17.4 Å². The van der Waals surface area contributed by atoms with Crippen LogP contribution in [-0.2, 0) is 0 Å². The molecule has 8 heteroatoms. The van der Waals surface area contributed by atoms with Crippen molar-refractivity contribution < 1.29 is 18.6 Å². The minimum Gasteiger partial charge on any atom is -0.486 e. The van der Waals surface area contributed by atoms with Crippen LogP contribution in [-0.4, -0.2) is 35.3 Å². The fraction of sp³-hybridized carbons (Fsp3) is 0.211. The quantitative estimate of drug-likeness (QED) is 0.518. The summed E-state index contributed by atoms with van der Waals surface area (Å²) in [6, 6.07) is 5.24. The van der Waals surface area contributed by atoms with Crippen LogP contribution in [0.4, 0.5) is 4.39 Å². The molecule has 6 nitrogen and oxygen atoms in total. The van der Waals surface area contributed by atoms with Crippen LogP contribution in [0.25, 0.3) is 31.8 Å². The van der Waals surface area contributed by atoms with Crippen LogP contribution < -0.4 is 14.2 Å². The molecule has 0 bridgehead atoms. The van der Waals surface area contributed by atoms with Crippen molar-refractivity contribution in [2.24, 2.45) is 0 Å². The van der Waals surface area contributed by atoms with E-state index in [-0.39, 0.29) is 5.52 Å². The molecule has 0 saturated carbocycles. The molecule has 5 rings (SSSR count). The van der Waals surface area contributed by atoms with Gasteiger partial charge in [-0.15, -0.1) is 11.3 Å². The van der Waals surface area contributed by atoms with Crippen LogP contribution in [0.3, 0.4) is 0 Å². The van der Waals surface area contributed by atoms with Crippen molar-refractivity contribution in [1.29, 1.82) is 0 Å². The Labute approximate surface area is 157 Å². The third kappa shape index (κ3) is 2.56. The number of hydrogen-bond acceptors (Lipinski definition) is 7. The lowest BCUT2D eigenvalue weighted by Crippen LogP contribution is -2.15. The van der Waals surface area contributed by atoms with Gasteiger partial charge in [-0.3, -0.25) is 0 Å². The highest BCUT2D eigenvalue weighted by Gasteiger charge is 2.23. The van der Waals surface area contributed by atoms with Gasteiger partial charge in [-0.2, -0.15) is 0 Å². The molecule has 2 aromatic carbocycles. The van der Waals surface area contributed by atoms with Gasteiger partial charge in [0.25, 0.3) is 0 Å². The first-order valence-corrected chi connectivity index (χ1v) is 9.16. The zero-order valence-electron chi connectivity index (χ0n) is 14.6. The van der Waals surface area contributed by atoms with Crippen molar-refractivity contribution >= 4 is 32.6 Å². The average Bonchev–Trinajstić information content (AvgIpc) is 3.13. The minimum atomic E-state index is -0.429. The smallest absolute Gasteiger partial charge is 0.232 e. The minimum absolute atomic E-state index is 0.273. The molecule has 3 heterocycles. The molecular formula is C19H14FN3O3S. The van der Waals surface area contributed by atoms with Crippen LogP contribution in [0.15, 0.2) is 24.4 Å². The van der Waals surface area contributed by atoms with Gasteiger partial charge in [-0.1, -0.05) is 0 Å². The number of hydrogen-bond donors (Lipinski definition) is 0. The second kappa shape index (κ2) is 6.02. The monoisotopic (exact) mass is 383 g/mol. The number of nitrogens with zero attached hydrogens (tertiary/aromatic N) is 3. The van der Waals surface area contributed by atoms with E-state index in [1.54, 1.807) is 13.3 Å². The average molecular weight is 383 g/mol. The van der Waals surface area contributed by atoms with Crippen LogP contribution in [0.1, 0.15) is 5.56 Å². The molecular weight excluding hydrogens is 369 g/mol. The molecule has 136 valence electrons. The van der Waals surface area contributed by atoms with Crippen molar-refractivity contribution in [2.75, 3.05) is 20.3 Å². The molecule has 0 radical (unpaired) electrons. The Hall–Kier alpha value is -3.00. The van der Waals surface area contributed by atoms with Crippen LogP contribution >= 0.6 is 11.3 Å². The van der Waals surface area contributed by atoms with Gasteiger partial charge in [-0.25, -0.2) is 19.3 Å². The summed E-state index contributed by atoms with van der Waals surface area (Å²) in [6.07, 6.45) is 1.56. The SMILES string of the molecule is COc1cnc2c(-c3nc4c(F)cc5c(c4s3)OCCO5)cc(C)cc2n1. The predicted octanol–water partition coefficient (Wildman–Crippen LogP) is 4.13. The Bertz CT molecular complexity index is 1210. The van der Waals surface area contributed by atoms with E-state index in [0.717, 1.165) is 11.1 Å². The molecule has 0 fully saturated rings. The summed E-state index contributed by atoms with van der Waals surface area (Å²) in [5.74, 6) is 0.974. The highest BCUT2D eigenvalue weighted by molar-refractivity contribution is 7.22. The standard InChI is InChI=1S/C19H14FN3O3S/c1-9-5-10(15-12(6-9)22-14(24-2)8-21-15)19-23-16-11(20)7-13-17(18(16)27-19)26-4-3-25-13/h5-8H,3-4H2,1-2H3. The molecule has 2 aromatic heterocycles. The Morgan fingerprint density at radius 1 is 1.11 bits per heavy atom. The lowest BCUT2D eigenvalue weighted by molar-refractivity contribution is 0.173. The first kappa shape index (κ1) is 16.2. The first-order valence-electron chi connectivity index (χ1n) is 8.34. The zero-order chi connectivity index (χ0) is 18.5. The van der Waals surface area contributed by atoms with Gasteiger partial charge in [0, 0.05) is 11.6 Å². The summed E-state index contributed by atoms with van der Waals surface area (Å²) in [5, 5.41) is 0.652. The fourth-order valence-corrected chi connectivity index (χ4v) is 4.25. The maximum absolute atomic E-state index is 14.6. The molecule has 1 aliphatic rings. The van der Waals surface area contributed by atoms with E-state index in [1.165, 1.54) is 17.4 Å². The van der Waals surface area contributed by atoms with E-state index >= 15 is 0 Å². The summed E-state index contributed by atoms with van der Waals surface area (Å²) in [6.45, 7) is 2.81. The maximum Gasteiger partial charge on any atom is 0.232 e. The Morgan fingerprint density at radius 3 is 2.81 bits per heavy atom. The summed E-state index contributed by atoms with van der Waals surface area (Å²) in [7, 11) is 1.55. The Kier molecular flexibility index (Phi) is 3.61. The van der Waals surface area contributed by atoms with Crippen LogP contribution in [0.2, 0.25) is 0 Å². The van der Waals surface area contributed by atoms with E-state index in [4.69, 9.17) is 14.2 Å². The molecule has 27 heavy (non-hydrogen) atoms. The lowest BCUT2D eigenvalue weighted by Gasteiger charge is -2.18. The van der Waals surface area contributed by atoms with Crippen LogP contribution in [0, 0.1) is 12.7 Å². The van der Waals surface area contributed by atoms with Gasteiger partial charge >= 0.3 is 0 Å². The first-order chi connectivity index (χ1) is 13.1. The Morgan fingerprint density at radius 2 is 1.96 bits per heavy atom. The number of ether oxygens (including phenoxy) is 3. The molecule has 1 aliphatic heterocycles. The van der Waals surface area contributed by atoms with Crippen molar-refractivity contribution in [3.63, 3.8) is 0 Å². The molecule has 4 aromatic rings. The van der Waals surface area contributed by atoms with Crippen molar-refractivity contribution in [3.8, 4) is 28.0 Å². The largest absolute Gasteiger partial charge is 0.486 e. The molecule has 0 N–H and O–H groups in total. The topological polar surface area (TPSA) is 66.4 Å². The fourth-order valence-electron chi connectivity index (χ4n) is 3.16. The van der Waals surface area contributed by atoms with E-state index in [1.807, 2.05) is 19.1 Å². The van der Waals surface area contributed by atoms with Crippen molar-refractivity contribution in [3.05, 3.63) is 35.8 Å². The third-order valence-corrected chi connectivity index (χ3v) is 5.42. The zero-order valence-corrected chi connectivity index (χ0v) is 15.4. The molecule has 0 atom stereocenters. The maximum atomic E-state index is 14.6. The second-order valence-corrected chi connectivity index (χ2v) is 7.17. The predicted molar refractivity (Wildman–Crippen MR) is 100 cm³/mol. The number of thiazole rings is 1. The number of halogens is 1. The number of fused-ring (bicyclic) bond motifs is 4. The van der Waals surface area contributed by atoms with Gasteiger partial charge in [-0.05, 0) is 24.6 Å². The molecule has 0 saturated heterocycles. The molecule has 0 unspecified atom stereocenters. The number of benzene rings is 2. The van der Waals surface area contributed by atoms with Gasteiger partial charge in [0.1, 0.15) is 28.4 Å². The summed E-state index contributed by atoms with van der Waals surface area (Å²) in [4.78, 5) is 13.5. The number of aromatic nitrogens is 3. The van der Waals surface area contributed by atoms with Gasteiger partial charge in [0.2, 0.25) is 5.88 Å². The van der Waals surface area contributed by atoms with E-state index in [2.05, 4.69) is 15.0 Å². The normalized spacial score (nSPS) is 13.3. The molecule has 0 aliphatic carbocycles. The van der Waals surface area contributed by atoms with Crippen molar-refractivity contribution in [2.45, 2.75) is 6.92 Å². The summed E-state index contributed by atoms with van der Waals surface area (Å²) >= 11 is 1.36. The van der Waals surface area contributed by atoms with Gasteiger partial charge < -0.3 is 14.2 Å². The van der Waals surface area contributed by atoms with Crippen molar-refractivity contribution in [1.82, 2.24) is 15.0 Å². The van der Waals surface area contributed by atoms with E-state index < -0.39 is 5.82 Å².